The number of benzene rings is 1. The van der Waals surface area contributed by atoms with E-state index in [0.717, 1.165) is 10.8 Å². The van der Waals surface area contributed by atoms with Crippen LogP contribution in [-0.4, -0.2) is 21.0 Å². The standard InChI is InChI=1S/C15H11N3O2/c19-13-5-2-7-17-14(13)15(20)18-12-4-1-3-10-9-16-8-6-11(10)12/h1-9,19H,(H,18,20). The van der Waals surface area contributed by atoms with Crippen molar-refractivity contribution in [1.29, 1.82) is 0 Å². The fourth-order valence-electron chi connectivity index (χ4n) is 1.98. The zero-order chi connectivity index (χ0) is 13.9. The van der Waals surface area contributed by atoms with Gasteiger partial charge in [-0.25, -0.2) is 4.98 Å². The quantitative estimate of drug-likeness (QED) is 0.746. The van der Waals surface area contributed by atoms with Crippen LogP contribution < -0.4 is 5.32 Å². The van der Waals surface area contributed by atoms with Gasteiger partial charge in [0.2, 0.25) is 0 Å². The van der Waals surface area contributed by atoms with Gasteiger partial charge < -0.3 is 10.4 Å². The van der Waals surface area contributed by atoms with E-state index < -0.39 is 5.91 Å². The van der Waals surface area contributed by atoms with Crippen LogP contribution in [0.3, 0.4) is 0 Å². The Kier molecular flexibility index (Phi) is 3.01. The van der Waals surface area contributed by atoms with E-state index in [-0.39, 0.29) is 11.4 Å². The summed E-state index contributed by atoms with van der Waals surface area (Å²) in [6, 6.07) is 10.3. The van der Waals surface area contributed by atoms with Crippen LogP contribution in [0.25, 0.3) is 10.8 Å². The number of carbonyl (C=O) groups excluding carboxylic acids is 1. The van der Waals surface area contributed by atoms with Gasteiger partial charge in [-0.2, -0.15) is 0 Å². The third-order valence-corrected chi connectivity index (χ3v) is 2.93. The number of aromatic nitrogens is 2. The summed E-state index contributed by atoms with van der Waals surface area (Å²) in [7, 11) is 0. The number of anilines is 1. The third kappa shape index (κ3) is 2.16. The summed E-state index contributed by atoms with van der Waals surface area (Å²) in [6.07, 6.45) is 4.85. The van der Waals surface area contributed by atoms with Gasteiger partial charge in [-0.1, -0.05) is 12.1 Å². The highest BCUT2D eigenvalue weighted by atomic mass is 16.3. The van der Waals surface area contributed by atoms with Gasteiger partial charge >= 0.3 is 0 Å². The van der Waals surface area contributed by atoms with E-state index in [1.807, 2.05) is 18.2 Å². The maximum absolute atomic E-state index is 12.1. The Labute approximate surface area is 114 Å². The van der Waals surface area contributed by atoms with E-state index in [2.05, 4.69) is 15.3 Å². The van der Waals surface area contributed by atoms with Crippen LogP contribution in [0.5, 0.6) is 5.75 Å². The van der Waals surface area contributed by atoms with Crippen molar-refractivity contribution < 1.29 is 9.90 Å². The third-order valence-electron chi connectivity index (χ3n) is 2.93. The summed E-state index contributed by atoms with van der Waals surface area (Å²) >= 11 is 0. The number of aromatic hydroxyl groups is 1. The van der Waals surface area contributed by atoms with E-state index in [4.69, 9.17) is 0 Å². The highest BCUT2D eigenvalue weighted by Crippen LogP contribution is 2.23. The zero-order valence-corrected chi connectivity index (χ0v) is 10.4. The molecule has 3 rings (SSSR count). The topological polar surface area (TPSA) is 75.1 Å². The lowest BCUT2D eigenvalue weighted by Gasteiger charge is -2.08. The molecule has 0 radical (unpaired) electrons. The fourth-order valence-corrected chi connectivity index (χ4v) is 1.98. The van der Waals surface area contributed by atoms with Crippen LogP contribution in [0.15, 0.2) is 55.0 Å². The number of hydrogen-bond donors (Lipinski definition) is 2. The van der Waals surface area contributed by atoms with E-state index in [1.165, 1.54) is 12.3 Å². The molecule has 5 nitrogen and oxygen atoms in total. The molecular weight excluding hydrogens is 254 g/mol. The molecule has 2 aromatic heterocycles. The van der Waals surface area contributed by atoms with Crippen LogP contribution in [0.4, 0.5) is 5.69 Å². The van der Waals surface area contributed by atoms with Gasteiger partial charge in [0.15, 0.2) is 5.69 Å². The summed E-state index contributed by atoms with van der Waals surface area (Å²) in [6.45, 7) is 0. The van der Waals surface area contributed by atoms with Crippen LogP contribution in [-0.2, 0) is 0 Å². The summed E-state index contributed by atoms with van der Waals surface area (Å²) in [4.78, 5) is 20.0. The largest absolute Gasteiger partial charge is 0.505 e. The molecule has 0 aliphatic rings. The Hall–Kier alpha value is -2.95. The number of amides is 1. The molecule has 1 amide bonds. The molecule has 0 spiro atoms. The summed E-state index contributed by atoms with van der Waals surface area (Å²) in [5, 5.41) is 14.2. The van der Waals surface area contributed by atoms with Gasteiger partial charge in [0.05, 0.1) is 0 Å². The molecule has 0 fully saturated rings. The minimum absolute atomic E-state index is 0.00133. The number of nitrogens with one attached hydrogen (secondary N) is 1. The highest BCUT2D eigenvalue weighted by Gasteiger charge is 2.13. The van der Waals surface area contributed by atoms with Crippen LogP contribution >= 0.6 is 0 Å². The molecule has 0 unspecified atom stereocenters. The lowest BCUT2D eigenvalue weighted by Crippen LogP contribution is -2.13. The zero-order valence-electron chi connectivity index (χ0n) is 10.4. The minimum atomic E-state index is -0.451. The normalized spacial score (nSPS) is 10.4. The Bertz CT molecular complexity index is 781. The minimum Gasteiger partial charge on any atom is -0.505 e. The summed E-state index contributed by atoms with van der Waals surface area (Å²) in [5.41, 5.74) is 0.651. The molecule has 0 aliphatic heterocycles. The van der Waals surface area contributed by atoms with Crippen molar-refractivity contribution >= 4 is 22.4 Å². The number of nitrogens with zero attached hydrogens (tertiary/aromatic N) is 2. The van der Waals surface area contributed by atoms with Gasteiger partial charge in [0.25, 0.3) is 5.91 Å². The smallest absolute Gasteiger partial charge is 0.278 e. The second-order valence-corrected chi connectivity index (χ2v) is 4.23. The lowest BCUT2D eigenvalue weighted by atomic mass is 10.1. The van der Waals surface area contributed by atoms with E-state index in [0.29, 0.717) is 5.69 Å². The van der Waals surface area contributed by atoms with Gasteiger partial charge in [-0.05, 0) is 24.3 Å². The number of fused-ring (bicyclic) bond motifs is 1. The Balaban J connectivity index is 1.98. The number of pyridine rings is 2. The van der Waals surface area contributed by atoms with Crippen LogP contribution in [0, 0.1) is 0 Å². The Morgan fingerprint density at radius 3 is 2.85 bits per heavy atom. The number of hydrogen-bond acceptors (Lipinski definition) is 4. The average molecular weight is 265 g/mol. The van der Waals surface area contributed by atoms with Crippen molar-refractivity contribution in [3.63, 3.8) is 0 Å². The van der Waals surface area contributed by atoms with E-state index in [1.54, 1.807) is 24.5 Å². The first-order valence-corrected chi connectivity index (χ1v) is 6.04. The Morgan fingerprint density at radius 1 is 1.10 bits per heavy atom. The molecule has 0 bridgehead atoms. The molecule has 2 heterocycles. The van der Waals surface area contributed by atoms with Gasteiger partial charge in [0.1, 0.15) is 5.75 Å². The molecule has 1 aromatic carbocycles. The summed E-state index contributed by atoms with van der Waals surface area (Å²) in [5.74, 6) is -0.598. The van der Waals surface area contributed by atoms with Crippen molar-refractivity contribution in [3.05, 3.63) is 60.7 Å². The van der Waals surface area contributed by atoms with Gasteiger partial charge in [-0.15, -0.1) is 0 Å². The van der Waals surface area contributed by atoms with Gasteiger partial charge in [0, 0.05) is 35.1 Å². The lowest BCUT2D eigenvalue weighted by molar-refractivity contribution is 0.101. The first-order valence-electron chi connectivity index (χ1n) is 6.04. The number of carbonyl (C=O) groups is 1. The van der Waals surface area contributed by atoms with E-state index in [9.17, 15) is 9.90 Å². The second-order valence-electron chi connectivity index (χ2n) is 4.23. The van der Waals surface area contributed by atoms with Gasteiger partial charge in [-0.3, -0.25) is 9.78 Å². The molecular formula is C15H11N3O2. The molecule has 0 aliphatic carbocycles. The maximum Gasteiger partial charge on any atom is 0.278 e. The summed E-state index contributed by atoms with van der Waals surface area (Å²) < 4.78 is 0. The molecule has 0 atom stereocenters. The molecule has 0 saturated carbocycles. The predicted octanol–water partition coefficient (Wildman–Crippen LogP) is 2.59. The maximum atomic E-state index is 12.1. The molecule has 98 valence electrons. The molecule has 0 saturated heterocycles. The molecule has 2 N–H and O–H groups in total. The first kappa shape index (κ1) is 12.1. The van der Waals surface area contributed by atoms with Crippen molar-refractivity contribution in [2.24, 2.45) is 0 Å². The van der Waals surface area contributed by atoms with Crippen LogP contribution in [0.1, 0.15) is 10.5 Å². The van der Waals surface area contributed by atoms with Crippen molar-refractivity contribution in [2.45, 2.75) is 0 Å². The number of rotatable bonds is 2. The first-order chi connectivity index (χ1) is 9.75. The second kappa shape index (κ2) is 4.97. The fraction of sp³-hybridized carbons (Fsp3) is 0. The SMILES string of the molecule is O=C(Nc1cccc2cnccc12)c1ncccc1O. The molecule has 3 aromatic rings. The van der Waals surface area contributed by atoms with Crippen LogP contribution in [0.2, 0.25) is 0 Å². The van der Waals surface area contributed by atoms with Crippen molar-refractivity contribution in [2.75, 3.05) is 5.32 Å². The Morgan fingerprint density at radius 2 is 2.00 bits per heavy atom. The van der Waals surface area contributed by atoms with Crippen molar-refractivity contribution in [3.8, 4) is 5.75 Å². The van der Waals surface area contributed by atoms with E-state index >= 15 is 0 Å². The monoisotopic (exact) mass is 265 g/mol. The van der Waals surface area contributed by atoms with Crippen molar-refractivity contribution in [1.82, 2.24) is 9.97 Å². The highest BCUT2D eigenvalue weighted by molar-refractivity contribution is 6.09. The molecule has 20 heavy (non-hydrogen) atoms. The average Bonchev–Trinajstić information content (AvgIpc) is 2.48. The molecule has 5 heteroatoms. The predicted molar refractivity (Wildman–Crippen MR) is 75.6 cm³/mol.